The standard InChI is InChI=1S/5C22H18O2.Bi/c5*1-17(21(23)24)22(18-11-5-2-6-12-18,19-13-7-3-8-14-19)20-15-9-4-10-16-20;/h5*2-16H,1H2,(H,23,24);/p-5. The third kappa shape index (κ3) is 18.6. The number of benzene rings is 15. The molecule has 11 heteroatoms. The van der Waals surface area contributed by atoms with Crippen molar-refractivity contribution in [2.45, 2.75) is 27.1 Å². The summed E-state index contributed by atoms with van der Waals surface area (Å²) in [5.41, 5.74) is 7.77. The van der Waals surface area contributed by atoms with Crippen molar-refractivity contribution in [2.75, 3.05) is 0 Å². The number of rotatable bonds is 25. The van der Waals surface area contributed by atoms with Crippen LogP contribution in [0.1, 0.15) is 83.5 Å². The zero-order valence-corrected chi connectivity index (χ0v) is 69.8. The minimum atomic E-state index is -1.26. The molecule has 0 unspecified atom stereocenters. The molecule has 3 radical (unpaired) electrons. The Morgan fingerprint density at radius 2 is 0.198 bits per heavy atom. The van der Waals surface area contributed by atoms with Crippen molar-refractivity contribution >= 4 is 56.0 Å². The van der Waals surface area contributed by atoms with Crippen LogP contribution in [-0.2, 0) is 51.0 Å². The van der Waals surface area contributed by atoms with Crippen molar-refractivity contribution in [3.05, 3.63) is 599 Å². The third-order valence-electron chi connectivity index (χ3n) is 21.6. The van der Waals surface area contributed by atoms with Gasteiger partial charge in [-0.15, -0.1) is 0 Å². The van der Waals surface area contributed by atoms with Crippen LogP contribution in [0.4, 0.5) is 0 Å². The zero-order valence-electron chi connectivity index (χ0n) is 66.4. The van der Waals surface area contributed by atoms with Gasteiger partial charge in [0.2, 0.25) is 0 Å². The largest absolute Gasteiger partial charge is 0.545 e. The number of hydrogen-bond donors (Lipinski definition) is 0. The summed E-state index contributed by atoms with van der Waals surface area (Å²) in [6, 6.07) is 143. The fourth-order valence-corrected chi connectivity index (χ4v) is 16.2. The first-order valence-electron chi connectivity index (χ1n) is 38.7. The summed E-state index contributed by atoms with van der Waals surface area (Å²) in [5.74, 6) is -6.29. The van der Waals surface area contributed by atoms with Crippen LogP contribution >= 0.6 is 0 Å². The molecule has 0 aliphatic heterocycles. The van der Waals surface area contributed by atoms with Gasteiger partial charge in [0.25, 0.3) is 0 Å². The van der Waals surface area contributed by atoms with E-state index in [-0.39, 0.29) is 54.1 Å². The van der Waals surface area contributed by atoms with Gasteiger partial charge in [-0.25, -0.2) is 0 Å². The first kappa shape index (κ1) is 88.6. The molecular formula is C110H85BiO10-5. The quantitative estimate of drug-likeness (QED) is 0.0301. The molecule has 15 aromatic rings. The number of carbonyl (C=O) groups is 5. The topological polar surface area (TPSA) is 201 Å². The molecule has 10 nitrogen and oxygen atoms in total. The molecule has 0 heterocycles. The summed E-state index contributed by atoms with van der Waals surface area (Å²) in [7, 11) is 0. The van der Waals surface area contributed by atoms with Crippen LogP contribution in [0.5, 0.6) is 0 Å². The third-order valence-corrected chi connectivity index (χ3v) is 21.6. The van der Waals surface area contributed by atoms with E-state index in [1.54, 1.807) is 0 Å². The van der Waals surface area contributed by atoms with Crippen LogP contribution in [-0.4, -0.2) is 56.0 Å². The molecule has 0 aromatic heterocycles. The maximum absolute atomic E-state index is 11.9. The SMILES string of the molecule is C=C(C(=O)[O-])C(c1ccccc1)(c1ccccc1)c1ccccc1.C=C(C(=O)[O-])C(c1ccccc1)(c1ccccc1)c1ccccc1.C=C(C(=O)[O-])C(c1ccccc1)(c1ccccc1)c1ccccc1.C=C(C(=O)[O-])C(c1ccccc1)(c1ccccc1)c1ccccc1.C=C(C(=O)[O-])C(c1ccccc1)(c1ccccc1)c1ccccc1.[Bi]. The predicted molar refractivity (Wildman–Crippen MR) is 473 cm³/mol. The molecule has 15 rings (SSSR count). The molecule has 0 fully saturated rings. The number of carbonyl (C=O) groups excluding carboxylic acids is 5. The smallest absolute Gasteiger partial charge is 0.0713 e. The Morgan fingerprint density at radius 3 is 0.248 bits per heavy atom. The molecule has 595 valence electrons. The maximum Gasteiger partial charge on any atom is 0.0713 e. The Kier molecular flexibility index (Phi) is 30.7. The number of carboxylic acids is 5. The van der Waals surface area contributed by atoms with Crippen LogP contribution in [0.25, 0.3) is 0 Å². The van der Waals surface area contributed by atoms with Gasteiger partial charge in [-0.1, -0.05) is 488 Å². The average molecular weight is 1780 g/mol. The molecule has 15 aromatic carbocycles. The van der Waals surface area contributed by atoms with Gasteiger partial charge < -0.3 is 49.5 Å². The van der Waals surface area contributed by atoms with Crippen molar-refractivity contribution in [3.63, 3.8) is 0 Å². The van der Waals surface area contributed by atoms with E-state index in [1.807, 2.05) is 455 Å². The zero-order chi connectivity index (χ0) is 85.0. The van der Waals surface area contributed by atoms with Crippen molar-refractivity contribution in [2.24, 2.45) is 0 Å². The van der Waals surface area contributed by atoms with Crippen molar-refractivity contribution in [3.8, 4) is 0 Å². The van der Waals surface area contributed by atoms with Gasteiger partial charge in [0.05, 0.1) is 56.9 Å². The van der Waals surface area contributed by atoms with E-state index in [9.17, 15) is 49.5 Å². The first-order chi connectivity index (χ1) is 58.3. The average Bonchev–Trinajstić information content (AvgIpc) is 0.768. The van der Waals surface area contributed by atoms with Gasteiger partial charge in [0.15, 0.2) is 0 Å². The van der Waals surface area contributed by atoms with E-state index >= 15 is 0 Å². The van der Waals surface area contributed by atoms with Gasteiger partial charge in [-0.3, -0.25) is 0 Å². The Labute approximate surface area is 726 Å². The van der Waals surface area contributed by atoms with Crippen LogP contribution in [0.15, 0.2) is 516 Å². The molecule has 0 bridgehead atoms. The van der Waals surface area contributed by atoms with Crippen molar-refractivity contribution < 1.29 is 49.5 Å². The summed E-state index contributed by atoms with van der Waals surface area (Å²) in [6.45, 7) is 19.5. The van der Waals surface area contributed by atoms with E-state index in [0.717, 1.165) is 83.5 Å². The molecule has 0 aliphatic carbocycles. The van der Waals surface area contributed by atoms with E-state index < -0.39 is 56.9 Å². The van der Waals surface area contributed by atoms with Gasteiger partial charge in [-0.2, -0.15) is 0 Å². The summed E-state index contributed by atoms with van der Waals surface area (Å²) >= 11 is 0. The molecule has 0 saturated heterocycles. The fourth-order valence-electron chi connectivity index (χ4n) is 16.2. The molecule has 0 amide bonds. The summed E-state index contributed by atoms with van der Waals surface area (Å²) < 4.78 is 0. The maximum atomic E-state index is 11.9. The second-order valence-corrected chi connectivity index (χ2v) is 28.1. The Balaban J connectivity index is 0.000000158. The van der Waals surface area contributed by atoms with Crippen molar-refractivity contribution in [1.29, 1.82) is 0 Å². The van der Waals surface area contributed by atoms with Gasteiger partial charge >= 0.3 is 0 Å². The normalized spacial score (nSPS) is 10.9. The summed E-state index contributed by atoms with van der Waals surface area (Å²) in [4.78, 5) is 59.3. The monoisotopic (exact) mass is 1770 g/mol. The summed E-state index contributed by atoms with van der Waals surface area (Å²) in [5, 5.41) is 59.3. The fraction of sp³-hybridized carbons (Fsp3) is 0.0455. The predicted octanol–water partition coefficient (Wildman–Crippen LogP) is 16.3. The van der Waals surface area contributed by atoms with Crippen LogP contribution < -0.4 is 25.5 Å². The molecule has 0 aliphatic rings. The number of carboxylic acid groups (broad SMARTS) is 5. The van der Waals surface area contributed by atoms with E-state index in [0.29, 0.717) is 0 Å². The molecule has 0 atom stereocenters. The number of aliphatic carboxylic acids is 5. The van der Waals surface area contributed by atoms with Crippen LogP contribution in [0.3, 0.4) is 0 Å². The molecular weight excluding hydrogens is 1690 g/mol. The van der Waals surface area contributed by atoms with Gasteiger partial charge in [0.1, 0.15) is 0 Å². The minimum absolute atomic E-state index is 0. The van der Waals surface area contributed by atoms with Gasteiger partial charge in [0, 0.05) is 26.2 Å². The first-order valence-corrected chi connectivity index (χ1v) is 38.7. The van der Waals surface area contributed by atoms with E-state index in [2.05, 4.69) is 32.9 Å². The second-order valence-electron chi connectivity index (χ2n) is 28.1. The van der Waals surface area contributed by atoms with E-state index in [4.69, 9.17) is 0 Å². The van der Waals surface area contributed by atoms with E-state index in [1.165, 1.54) is 0 Å². The Hall–Kier alpha value is -14.8. The number of hydrogen-bond acceptors (Lipinski definition) is 10. The van der Waals surface area contributed by atoms with Crippen LogP contribution in [0, 0.1) is 0 Å². The second kappa shape index (κ2) is 41.9. The minimum Gasteiger partial charge on any atom is -0.545 e. The molecule has 0 saturated carbocycles. The Morgan fingerprint density at radius 1 is 0.140 bits per heavy atom. The van der Waals surface area contributed by atoms with Crippen molar-refractivity contribution in [1.82, 2.24) is 0 Å². The molecule has 0 spiro atoms. The molecule has 121 heavy (non-hydrogen) atoms. The summed E-state index contributed by atoms with van der Waals surface area (Å²) in [6.07, 6.45) is 0. The van der Waals surface area contributed by atoms with Gasteiger partial charge in [-0.05, 0) is 111 Å². The molecule has 0 N–H and O–H groups in total. The van der Waals surface area contributed by atoms with Crippen LogP contribution in [0.2, 0.25) is 0 Å². The Bertz CT molecular complexity index is 4570.